The molecule has 0 atom stereocenters. The minimum atomic E-state index is -0.955. The molecule has 0 aromatic heterocycles. The number of methoxy groups -OCH3 is 1. The van der Waals surface area contributed by atoms with Gasteiger partial charge in [0, 0.05) is 6.92 Å². The van der Waals surface area contributed by atoms with E-state index < -0.39 is 41.7 Å². The van der Waals surface area contributed by atoms with E-state index in [1.807, 2.05) is 0 Å². The molecule has 0 heterocycles. The fourth-order valence-corrected chi connectivity index (χ4v) is 2.49. The zero-order valence-electron chi connectivity index (χ0n) is 14.4. The third-order valence-electron chi connectivity index (χ3n) is 3.57. The topological polar surface area (TPSA) is 75.7 Å². The maximum absolute atomic E-state index is 13.7. The summed E-state index contributed by atoms with van der Waals surface area (Å²) in [6.45, 7) is 0.603. The number of esters is 1. The Balaban J connectivity index is 2.29. The number of carbonyl (C=O) groups is 3. The Kier molecular flexibility index (Phi) is 6.46. The molecule has 2 amide bonds. The van der Waals surface area contributed by atoms with Gasteiger partial charge in [-0.3, -0.25) is 9.59 Å². The Bertz CT molecular complexity index is 885. The van der Waals surface area contributed by atoms with Gasteiger partial charge in [-0.2, -0.15) is 0 Å². The van der Waals surface area contributed by atoms with Gasteiger partial charge in [0.1, 0.15) is 23.9 Å². The summed E-state index contributed by atoms with van der Waals surface area (Å²) < 4.78 is 31.9. The Morgan fingerprint density at radius 1 is 1.15 bits per heavy atom. The second kappa shape index (κ2) is 8.59. The first-order valence-electron chi connectivity index (χ1n) is 7.64. The predicted molar refractivity (Wildman–Crippen MR) is 95.8 cm³/mol. The Morgan fingerprint density at radius 2 is 1.78 bits per heavy atom. The Morgan fingerprint density at radius 3 is 2.33 bits per heavy atom. The van der Waals surface area contributed by atoms with Gasteiger partial charge >= 0.3 is 5.97 Å². The smallest absolute Gasteiger partial charge is 0.337 e. The van der Waals surface area contributed by atoms with Gasteiger partial charge in [-0.1, -0.05) is 17.7 Å². The molecule has 0 fully saturated rings. The van der Waals surface area contributed by atoms with Crippen LogP contribution < -0.4 is 10.2 Å². The molecule has 0 saturated carbocycles. The maximum atomic E-state index is 13.7. The van der Waals surface area contributed by atoms with Gasteiger partial charge in [0.2, 0.25) is 11.8 Å². The molecule has 6 nitrogen and oxygen atoms in total. The quantitative estimate of drug-likeness (QED) is 0.786. The fourth-order valence-electron chi connectivity index (χ4n) is 2.27. The molecule has 0 spiro atoms. The van der Waals surface area contributed by atoms with Gasteiger partial charge in [0.25, 0.3) is 0 Å². The zero-order valence-corrected chi connectivity index (χ0v) is 15.1. The lowest BCUT2D eigenvalue weighted by Crippen LogP contribution is -2.37. The summed E-state index contributed by atoms with van der Waals surface area (Å²) >= 11 is 6.08. The summed E-state index contributed by atoms with van der Waals surface area (Å²) in [7, 11) is 1.19. The van der Waals surface area contributed by atoms with Crippen molar-refractivity contribution in [3.05, 3.63) is 58.6 Å². The zero-order chi connectivity index (χ0) is 20.1. The Labute approximate surface area is 158 Å². The van der Waals surface area contributed by atoms with Gasteiger partial charge in [0.15, 0.2) is 0 Å². The lowest BCUT2D eigenvalue weighted by Gasteiger charge is -2.22. The third kappa shape index (κ3) is 4.79. The van der Waals surface area contributed by atoms with Crippen molar-refractivity contribution >= 4 is 40.8 Å². The van der Waals surface area contributed by atoms with E-state index in [0.29, 0.717) is 0 Å². The van der Waals surface area contributed by atoms with Gasteiger partial charge in [-0.05, 0) is 30.3 Å². The standard InChI is InChI=1S/C18H15ClF2N2O4/c1-10(24)23(15-8-11(18(26)27-2)6-7-12(15)19)9-16(25)22-17-13(20)4-3-5-14(17)21/h3-8H,9H2,1-2H3,(H,22,25). The van der Waals surface area contributed by atoms with E-state index >= 15 is 0 Å². The average Bonchev–Trinajstić information content (AvgIpc) is 2.62. The van der Waals surface area contributed by atoms with Crippen LogP contribution in [0.1, 0.15) is 17.3 Å². The molecule has 0 aliphatic rings. The number of para-hydroxylation sites is 1. The number of nitrogens with zero attached hydrogens (tertiary/aromatic N) is 1. The van der Waals surface area contributed by atoms with Crippen molar-refractivity contribution in [1.29, 1.82) is 0 Å². The van der Waals surface area contributed by atoms with Crippen molar-refractivity contribution in [2.75, 3.05) is 23.9 Å². The molecule has 0 radical (unpaired) electrons. The predicted octanol–water partition coefficient (Wildman–Crippen LogP) is 3.40. The van der Waals surface area contributed by atoms with E-state index in [4.69, 9.17) is 11.6 Å². The van der Waals surface area contributed by atoms with Crippen molar-refractivity contribution in [3.8, 4) is 0 Å². The number of hydrogen-bond acceptors (Lipinski definition) is 4. The second-order valence-corrected chi connectivity index (χ2v) is 5.81. The van der Waals surface area contributed by atoms with E-state index in [1.165, 1.54) is 32.2 Å². The Hall–Kier alpha value is -3.00. The SMILES string of the molecule is COC(=O)c1ccc(Cl)c(N(CC(=O)Nc2c(F)cccc2F)C(C)=O)c1. The first-order chi connectivity index (χ1) is 12.7. The molecular weight excluding hydrogens is 382 g/mol. The summed E-state index contributed by atoms with van der Waals surface area (Å²) in [5.74, 6) is -3.99. The molecule has 2 aromatic rings. The number of anilines is 2. The summed E-state index contributed by atoms with van der Waals surface area (Å²) in [4.78, 5) is 36.9. The van der Waals surface area contributed by atoms with Crippen LogP contribution in [0.5, 0.6) is 0 Å². The van der Waals surface area contributed by atoms with Gasteiger partial charge in [0.05, 0.1) is 23.4 Å². The van der Waals surface area contributed by atoms with Crippen molar-refractivity contribution in [2.45, 2.75) is 6.92 Å². The molecule has 0 aliphatic heterocycles. The molecular formula is C18H15ClF2N2O4. The lowest BCUT2D eigenvalue weighted by atomic mass is 10.2. The number of benzene rings is 2. The first-order valence-corrected chi connectivity index (χ1v) is 8.02. The molecule has 0 aliphatic carbocycles. The fraction of sp³-hybridized carbons (Fsp3) is 0.167. The molecule has 0 saturated heterocycles. The van der Waals surface area contributed by atoms with Crippen LogP contribution in [-0.2, 0) is 14.3 Å². The molecule has 9 heteroatoms. The third-order valence-corrected chi connectivity index (χ3v) is 3.89. The van der Waals surface area contributed by atoms with Crippen LogP contribution in [0.3, 0.4) is 0 Å². The summed E-state index contributed by atoms with van der Waals surface area (Å²) in [5, 5.41) is 2.18. The summed E-state index contributed by atoms with van der Waals surface area (Å²) in [5.41, 5.74) is -0.430. The van der Waals surface area contributed by atoms with Crippen molar-refractivity contribution in [2.24, 2.45) is 0 Å². The van der Waals surface area contributed by atoms with Crippen LogP contribution in [0, 0.1) is 11.6 Å². The van der Waals surface area contributed by atoms with Crippen LogP contribution >= 0.6 is 11.6 Å². The highest BCUT2D eigenvalue weighted by molar-refractivity contribution is 6.34. The minimum Gasteiger partial charge on any atom is -0.465 e. The molecule has 27 heavy (non-hydrogen) atoms. The van der Waals surface area contributed by atoms with Crippen LogP contribution in [-0.4, -0.2) is 31.4 Å². The van der Waals surface area contributed by atoms with E-state index in [0.717, 1.165) is 23.1 Å². The van der Waals surface area contributed by atoms with Gasteiger partial charge in [-0.15, -0.1) is 0 Å². The number of amides is 2. The van der Waals surface area contributed by atoms with E-state index in [2.05, 4.69) is 10.1 Å². The molecule has 2 aromatic carbocycles. The molecule has 0 bridgehead atoms. The van der Waals surface area contributed by atoms with Crippen molar-refractivity contribution in [1.82, 2.24) is 0 Å². The summed E-state index contributed by atoms with van der Waals surface area (Å²) in [6.07, 6.45) is 0. The van der Waals surface area contributed by atoms with E-state index in [9.17, 15) is 23.2 Å². The average molecular weight is 397 g/mol. The van der Waals surface area contributed by atoms with Crippen LogP contribution in [0.2, 0.25) is 5.02 Å². The highest BCUT2D eigenvalue weighted by Gasteiger charge is 2.21. The molecule has 142 valence electrons. The minimum absolute atomic E-state index is 0.0798. The number of carbonyl (C=O) groups excluding carboxylic acids is 3. The lowest BCUT2D eigenvalue weighted by molar-refractivity contribution is -0.120. The molecule has 2 rings (SSSR count). The highest BCUT2D eigenvalue weighted by atomic mass is 35.5. The van der Waals surface area contributed by atoms with Crippen molar-refractivity contribution < 1.29 is 27.9 Å². The molecule has 0 unspecified atom stereocenters. The number of halogens is 3. The van der Waals surface area contributed by atoms with E-state index in [1.54, 1.807) is 0 Å². The normalized spacial score (nSPS) is 10.3. The van der Waals surface area contributed by atoms with Crippen LogP contribution in [0.4, 0.5) is 20.2 Å². The second-order valence-electron chi connectivity index (χ2n) is 5.41. The van der Waals surface area contributed by atoms with Gasteiger partial charge < -0.3 is 15.0 Å². The number of ether oxygens (including phenoxy) is 1. The largest absolute Gasteiger partial charge is 0.465 e. The monoisotopic (exact) mass is 396 g/mol. The number of nitrogens with one attached hydrogen (secondary N) is 1. The molecule has 1 N–H and O–H groups in total. The van der Waals surface area contributed by atoms with Crippen LogP contribution in [0.25, 0.3) is 0 Å². The maximum Gasteiger partial charge on any atom is 0.337 e. The first kappa shape index (κ1) is 20.3. The highest BCUT2D eigenvalue weighted by Crippen LogP contribution is 2.28. The van der Waals surface area contributed by atoms with Crippen molar-refractivity contribution in [3.63, 3.8) is 0 Å². The van der Waals surface area contributed by atoms with Gasteiger partial charge in [-0.25, -0.2) is 13.6 Å². The van der Waals surface area contributed by atoms with Crippen LogP contribution in [0.15, 0.2) is 36.4 Å². The van der Waals surface area contributed by atoms with E-state index in [-0.39, 0.29) is 16.3 Å². The number of rotatable bonds is 5. The number of hydrogen-bond donors (Lipinski definition) is 1. The summed E-state index contributed by atoms with van der Waals surface area (Å²) in [6, 6.07) is 7.17.